The molecule has 0 atom stereocenters. The lowest BCUT2D eigenvalue weighted by molar-refractivity contribution is 0.386. The first-order chi connectivity index (χ1) is 12.1. The van der Waals surface area contributed by atoms with Gasteiger partial charge >= 0.3 is 0 Å². The van der Waals surface area contributed by atoms with Gasteiger partial charge in [0, 0.05) is 17.8 Å². The molecule has 1 aromatic heterocycles. The molecule has 0 aliphatic carbocycles. The fraction of sp³-hybridized carbons (Fsp3) is 0.0952. The summed E-state index contributed by atoms with van der Waals surface area (Å²) in [5.74, 6) is -0.224. The van der Waals surface area contributed by atoms with Crippen molar-refractivity contribution >= 4 is 21.8 Å². The van der Waals surface area contributed by atoms with E-state index < -0.39 is 5.82 Å². The standard InChI is InChI=1S/C21H16FNO2/c1-23-18-6-4-3-5-15(18)21(24)16-11-13(7-9-19(16)23)14-8-10-20(25-2)17(22)12-14/h3-12H,1-2H3. The number of rotatable bonds is 2. The number of pyridine rings is 1. The quantitative estimate of drug-likeness (QED) is 0.506. The van der Waals surface area contributed by atoms with Crippen molar-refractivity contribution in [1.82, 2.24) is 4.57 Å². The van der Waals surface area contributed by atoms with E-state index in [1.807, 2.05) is 54.1 Å². The van der Waals surface area contributed by atoms with Gasteiger partial charge in [-0.25, -0.2) is 4.39 Å². The molecule has 124 valence electrons. The lowest BCUT2D eigenvalue weighted by Gasteiger charge is -2.12. The summed E-state index contributed by atoms with van der Waals surface area (Å²) < 4.78 is 21.0. The molecule has 4 aromatic rings. The zero-order valence-electron chi connectivity index (χ0n) is 13.9. The van der Waals surface area contributed by atoms with Gasteiger partial charge in [0.1, 0.15) is 0 Å². The molecule has 3 aromatic carbocycles. The predicted molar refractivity (Wildman–Crippen MR) is 98.6 cm³/mol. The number of fused-ring (bicyclic) bond motifs is 2. The Morgan fingerprint density at radius 1 is 0.880 bits per heavy atom. The van der Waals surface area contributed by atoms with Gasteiger partial charge < -0.3 is 9.30 Å². The van der Waals surface area contributed by atoms with E-state index in [4.69, 9.17) is 4.74 Å². The average Bonchev–Trinajstić information content (AvgIpc) is 2.65. The number of ether oxygens (including phenoxy) is 1. The van der Waals surface area contributed by atoms with Crippen LogP contribution in [0, 0.1) is 5.82 Å². The summed E-state index contributed by atoms with van der Waals surface area (Å²) >= 11 is 0. The first-order valence-electron chi connectivity index (χ1n) is 7.95. The molecule has 4 heteroatoms. The third-order valence-electron chi connectivity index (χ3n) is 4.60. The van der Waals surface area contributed by atoms with Crippen LogP contribution in [0.25, 0.3) is 32.9 Å². The van der Waals surface area contributed by atoms with Crippen LogP contribution in [0.4, 0.5) is 4.39 Å². The minimum absolute atomic E-state index is 0.0143. The van der Waals surface area contributed by atoms with Crippen molar-refractivity contribution in [2.24, 2.45) is 7.05 Å². The van der Waals surface area contributed by atoms with Gasteiger partial charge in [0.05, 0.1) is 18.1 Å². The molecule has 0 aliphatic rings. The van der Waals surface area contributed by atoms with Crippen molar-refractivity contribution in [2.45, 2.75) is 0 Å². The molecule has 0 saturated carbocycles. The van der Waals surface area contributed by atoms with Crippen molar-refractivity contribution in [3.8, 4) is 16.9 Å². The molecule has 3 nitrogen and oxygen atoms in total. The minimum atomic E-state index is -0.425. The van der Waals surface area contributed by atoms with Gasteiger partial charge in [-0.2, -0.15) is 0 Å². The van der Waals surface area contributed by atoms with Crippen LogP contribution < -0.4 is 10.2 Å². The topological polar surface area (TPSA) is 31.2 Å². The van der Waals surface area contributed by atoms with Gasteiger partial charge in [-0.05, 0) is 47.5 Å². The maximum absolute atomic E-state index is 14.0. The first-order valence-corrected chi connectivity index (χ1v) is 7.95. The maximum Gasteiger partial charge on any atom is 0.197 e. The maximum atomic E-state index is 14.0. The van der Waals surface area contributed by atoms with Crippen LogP contribution in [-0.2, 0) is 7.05 Å². The highest BCUT2D eigenvalue weighted by molar-refractivity contribution is 5.95. The van der Waals surface area contributed by atoms with Crippen LogP contribution in [0.2, 0.25) is 0 Å². The third kappa shape index (κ3) is 2.38. The van der Waals surface area contributed by atoms with E-state index in [1.165, 1.54) is 13.2 Å². The zero-order valence-corrected chi connectivity index (χ0v) is 13.9. The summed E-state index contributed by atoms with van der Waals surface area (Å²) in [6, 6.07) is 18.0. The normalized spacial score (nSPS) is 11.2. The lowest BCUT2D eigenvalue weighted by atomic mass is 10.0. The molecule has 0 amide bonds. The van der Waals surface area contributed by atoms with Crippen molar-refractivity contribution in [3.63, 3.8) is 0 Å². The number of hydrogen-bond acceptors (Lipinski definition) is 2. The lowest BCUT2D eigenvalue weighted by Crippen LogP contribution is -2.09. The van der Waals surface area contributed by atoms with E-state index in [-0.39, 0.29) is 11.2 Å². The number of halogens is 1. The van der Waals surface area contributed by atoms with E-state index in [0.29, 0.717) is 16.3 Å². The largest absolute Gasteiger partial charge is 0.494 e. The molecule has 25 heavy (non-hydrogen) atoms. The third-order valence-corrected chi connectivity index (χ3v) is 4.60. The Morgan fingerprint density at radius 3 is 2.32 bits per heavy atom. The molecule has 0 aliphatic heterocycles. The molecular formula is C21H16FNO2. The fourth-order valence-corrected chi connectivity index (χ4v) is 3.27. The molecule has 1 heterocycles. The van der Waals surface area contributed by atoms with Crippen LogP contribution in [-0.4, -0.2) is 11.7 Å². The summed E-state index contributed by atoms with van der Waals surface area (Å²) in [7, 11) is 3.37. The molecule has 0 N–H and O–H groups in total. The van der Waals surface area contributed by atoms with Gasteiger partial charge in [-0.3, -0.25) is 4.79 Å². The van der Waals surface area contributed by atoms with E-state index in [1.54, 1.807) is 12.1 Å². The number of para-hydroxylation sites is 1. The molecule has 0 bridgehead atoms. The highest BCUT2D eigenvalue weighted by Gasteiger charge is 2.11. The van der Waals surface area contributed by atoms with Gasteiger partial charge in [0.2, 0.25) is 0 Å². The Hall–Kier alpha value is -3.14. The Morgan fingerprint density at radius 2 is 1.56 bits per heavy atom. The van der Waals surface area contributed by atoms with Gasteiger partial charge in [0.25, 0.3) is 0 Å². The highest BCUT2D eigenvalue weighted by Crippen LogP contribution is 2.28. The van der Waals surface area contributed by atoms with Crippen LogP contribution in [0.1, 0.15) is 0 Å². The Balaban J connectivity index is 2.00. The van der Waals surface area contributed by atoms with E-state index in [0.717, 1.165) is 16.6 Å². The number of benzene rings is 3. The smallest absolute Gasteiger partial charge is 0.197 e. The molecule has 0 radical (unpaired) electrons. The van der Waals surface area contributed by atoms with Gasteiger partial charge in [-0.15, -0.1) is 0 Å². The number of hydrogen-bond donors (Lipinski definition) is 0. The average molecular weight is 333 g/mol. The summed E-state index contributed by atoms with van der Waals surface area (Å²) in [5.41, 5.74) is 3.22. The van der Waals surface area contributed by atoms with E-state index in [9.17, 15) is 9.18 Å². The summed E-state index contributed by atoms with van der Waals surface area (Å²) in [4.78, 5) is 12.9. The summed E-state index contributed by atoms with van der Waals surface area (Å²) in [5, 5.41) is 1.30. The number of methoxy groups -OCH3 is 1. The SMILES string of the molecule is COc1ccc(-c2ccc3c(c2)c(=O)c2ccccc2n3C)cc1F. The molecule has 0 saturated heterocycles. The molecule has 0 fully saturated rings. The second-order valence-electron chi connectivity index (χ2n) is 5.99. The number of aromatic nitrogens is 1. The number of aryl methyl sites for hydroxylation is 1. The van der Waals surface area contributed by atoms with Crippen LogP contribution >= 0.6 is 0 Å². The van der Waals surface area contributed by atoms with Gasteiger partial charge in [-0.1, -0.05) is 24.3 Å². The minimum Gasteiger partial charge on any atom is -0.494 e. The zero-order chi connectivity index (χ0) is 17.6. The van der Waals surface area contributed by atoms with Crippen LogP contribution in [0.3, 0.4) is 0 Å². The van der Waals surface area contributed by atoms with E-state index >= 15 is 0 Å². The Bertz CT molecular complexity index is 1180. The van der Waals surface area contributed by atoms with Crippen molar-refractivity contribution in [3.05, 3.63) is 76.7 Å². The van der Waals surface area contributed by atoms with Gasteiger partial charge in [0.15, 0.2) is 17.0 Å². The summed E-state index contributed by atoms with van der Waals surface area (Å²) in [6.07, 6.45) is 0. The van der Waals surface area contributed by atoms with Crippen molar-refractivity contribution in [2.75, 3.05) is 7.11 Å². The monoisotopic (exact) mass is 333 g/mol. The second kappa shape index (κ2) is 5.74. The highest BCUT2D eigenvalue weighted by atomic mass is 19.1. The second-order valence-corrected chi connectivity index (χ2v) is 5.99. The first kappa shape index (κ1) is 15.4. The fourth-order valence-electron chi connectivity index (χ4n) is 3.27. The van der Waals surface area contributed by atoms with Crippen molar-refractivity contribution < 1.29 is 9.13 Å². The Kier molecular flexibility index (Phi) is 3.53. The van der Waals surface area contributed by atoms with Crippen LogP contribution in [0.5, 0.6) is 5.75 Å². The molecule has 0 spiro atoms. The summed E-state index contributed by atoms with van der Waals surface area (Å²) in [6.45, 7) is 0. The molecule has 0 unspecified atom stereocenters. The van der Waals surface area contributed by atoms with Crippen molar-refractivity contribution in [1.29, 1.82) is 0 Å². The molecular weight excluding hydrogens is 317 g/mol. The molecule has 4 rings (SSSR count). The Labute approximate surface area is 143 Å². The van der Waals surface area contributed by atoms with E-state index in [2.05, 4.69) is 0 Å². The number of nitrogens with zero attached hydrogens (tertiary/aromatic N) is 1. The predicted octanol–water partition coefficient (Wildman–Crippen LogP) is 4.51. The van der Waals surface area contributed by atoms with Crippen LogP contribution in [0.15, 0.2) is 65.5 Å².